The van der Waals surface area contributed by atoms with Crippen molar-refractivity contribution in [3.8, 4) is 0 Å². The third kappa shape index (κ3) is 5.06. The molecule has 6 heteroatoms. The van der Waals surface area contributed by atoms with Gasteiger partial charge in [0.15, 0.2) is 0 Å². The normalized spacial score (nSPS) is 13.0. The van der Waals surface area contributed by atoms with Gasteiger partial charge in [0, 0.05) is 32.4 Å². The fourth-order valence-corrected chi connectivity index (χ4v) is 3.81. The Hall–Kier alpha value is -1.89. The van der Waals surface area contributed by atoms with Crippen LogP contribution < -0.4 is 9.62 Å². The van der Waals surface area contributed by atoms with Crippen molar-refractivity contribution < 1.29 is 8.42 Å². The van der Waals surface area contributed by atoms with E-state index in [0.29, 0.717) is 11.4 Å². The number of hydrogen-bond donors (Lipinski definition) is 1. The van der Waals surface area contributed by atoms with Crippen LogP contribution in [0.2, 0.25) is 0 Å². The van der Waals surface area contributed by atoms with E-state index in [1.807, 2.05) is 81.3 Å². The zero-order chi connectivity index (χ0) is 19.3. The summed E-state index contributed by atoms with van der Waals surface area (Å²) in [6.07, 6.45) is 0.888. The quantitative estimate of drug-likeness (QED) is 0.771. The summed E-state index contributed by atoms with van der Waals surface area (Å²) in [7, 11) is 4.37. The molecule has 0 saturated heterocycles. The highest BCUT2D eigenvalue weighted by molar-refractivity contribution is 7.89. The molecule has 1 N–H and O–H groups in total. The average molecular weight is 376 g/mol. The maximum atomic E-state index is 12.6. The molecule has 1 atom stereocenters. The van der Waals surface area contributed by atoms with Crippen LogP contribution in [0, 0.1) is 0 Å². The van der Waals surface area contributed by atoms with E-state index in [1.54, 1.807) is 12.1 Å². The Balaban J connectivity index is 2.14. The van der Waals surface area contributed by atoms with Crippen molar-refractivity contribution in [2.45, 2.75) is 24.3 Å². The smallest absolute Gasteiger partial charge is 0.240 e. The van der Waals surface area contributed by atoms with Crippen LogP contribution in [0.15, 0.2) is 53.4 Å². The Morgan fingerprint density at radius 2 is 1.50 bits per heavy atom. The average Bonchev–Trinajstić information content (AvgIpc) is 2.62. The zero-order valence-corrected chi connectivity index (χ0v) is 17.0. The van der Waals surface area contributed by atoms with E-state index < -0.39 is 10.0 Å². The van der Waals surface area contributed by atoms with Gasteiger partial charge in [-0.1, -0.05) is 31.2 Å². The highest BCUT2D eigenvalue weighted by Gasteiger charge is 2.19. The number of nitrogens with one attached hydrogen (secondary N) is 1. The molecular formula is C20H29N3O2S. The number of anilines is 1. The molecule has 0 fully saturated rings. The largest absolute Gasteiger partial charge is 0.378 e. The summed E-state index contributed by atoms with van der Waals surface area (Å²) in [6.45, 7) is 2.36. The molecule has 0 bridgehead atoms. The molecule has 0 spiro atoms. The van der Waals surface area contributed by atoms with E-state index in [1.165, 1.54) is 0 Å². The van der Waals surface area contributed by atoms with Gasteiger partial charge in [0.1, 0.15) is 0 Å². The predicted octanol–water partition coefficient (Wildman–Crippen LogP) is 2.90. The zero-order valence-electron chi connectivity index (χ0n) is 16.2. The van der Waals surface area contributed by atoms with Crippen LogP contribution in [0.1, 0.15) is 24.1 Å². The van der Waals surface area contributed by atoms with Crippen molar-refractivity contribution in [3.63, 3.8) is 0 Å². The van der Waals surface area contributed by atoms with E-state index in [9.17, 15) is 8.42 Å². The standard InChI is InChI=1S/C20H29N3O2S/c1-6-16-7-13-19(14-8-16)26(24,25)21-15-20(23(4)5)17-9-11-18(12-10-17)22(2)3/h7-14,20-21H,6,15H2,1-5H3. The van der Waals surface area contributed by atoms with Gasteiger partial charge in [-0.2, -0.15) is 0 Å². The summed E-state index contributed by atoms with van der Waals surface area (Å²) in [5.74, 6) is 0. The minimum absolute atomic E-state index is 0.0455. The molecule has 0 aliphatic carbocycles. The first-order valence-corrected chi connectivity index (χ1v) is 10.2. The lowest BCUT2D eigenvalue weighted by Crippen LogP contribution is -2.34. The first-order chi connectivity index (χ1) is 12.2. The fourth-order valence-electron chi connectivity index (χ4n) is 2.77. The molecule has 0 saturated carbocycles. The molecule has 1 unspecified atom stereocenters. The van der Waals surface area contributed by atoms with Gasteiger partial charge in [-0.3, -0.25) is 0 Å². The highest BCUT2D eigenvalue weighted by Crippen LogP contribution is 2.22. The lowest BCUT2D eigenvalue weighted by Gasteiger charge is -2.25. The number of likely N-dealkylation sites (N-methyl/N-ethyl adjacent to an activating group) is 1. The van der Waals surface area contributed by atoms with Gasteiger partial charge < -0.3 is 9.80 Å². The topological polar surface area (TPSA) is 52.7 Å². The molecule has 2 aromatic rings. The molecule has 26 heavy (non-hydrogen) atoms. The van der Waals surface area contributed by atoms with Gasteiger partial charge in [0.2, 0.25) is 10.0 Å². The minimum Gasteiger partial charge on any atom is -0.378 e. The first-order valence-electron chi connectivity index (χ1n) is 8.77. The molecule has 0 aromatic heterocycles. The van der Waals surface area contributed by atoms with Crippen molar-refractivity contribution >= 4 is 15.7 Å². The van der Waals surface area contributed by atoms with Crippen LogP contribution in [0.5, 0.6) is 0 Å². The number of rotatable bonds is 8. The van der Waals surface area contributed by atoms with E-state index in [2.05, 4.69) is 4.72 Å². The summed E-state index contributed by atoms with van der Waals surface area (Å²) in [5.41, 5.74) is 3.31. The van der Waals surface area contributed by atoms with Crippen LogP contribution in [-0.2, 0) is 16.4 Å². The van der Waals surface area contributed by atoms with Gasteiger partial charge in [-0.15, -0.1) is 0 Å². The number of nitrogens with zero attached hydrogens (tertiary/aromatic N) is 2. The van der Waals surface area contributed by atoms with Gasteiger partial charge in [0.05, 0.1) is 4.90 Å². The van der Waals surface area contributed by atoms with Gasteiger partial charge >= 0.3 is 0 Å². The van der Waals surface area contributed by atoms with Crippen molar-refractivity contribution in [1.29, 1.82) is 0 Å². The van der Waals surface area contributed by atoms with E-state index >= 15 is 0 Å². The van der Waals surface area contributed by atoms with Crippen molar-refractivity contribution in [3.05, 3.63) is 59.7 Å². The van der Waals surface area contributed by atoms with Crippen molar-refractivity contribution in [2.75, 3.05) is 39.6 Å². The molecule has 5 nitrogen and oxygen atoms in total. The summed E-state index contributed by atoms with van der Waals surface area (Å²) < 4.78 is 27.9. The summed E-state index contributed by atoms with van der Waals surface area (Å²) in [4.78, 5) is 4.36. The van der Waals surface area contributed by atoms with E-state index in [4.69, 9.17) is 0 Å². The fraction of sp³-hybridized carbons (Fsp3) is 0.400. The molecule has 0 aliphatic heterocycles. The van der Waals surface area contributed by atoms with Gasteiger partial charge in [-0.25, -0.2) is 13.1 Å². The van der Waals surface area contributed by atoms with E-state index in [-0.39, 0.29) is 6.04 Å². The third-order valence-corrected chi connectivity index (χ3v) is 5.97. The van der Waals surface area contributed by atoms with Gasteiger partial charge in [0.25, 0.3) is 0 Å². The Morgan fingerprint density at radius 3 is 1.96 bits per heavy atom. The Labute approximate surface area is 157 Å². The predicted molar refractivity (Wildman–Crippen MR) is 108 cm³/mol. The second-order valence-corrected chi connectivity index (χ2v) is 8.58. The molecule has 2 rings (SSSR count). The van der Waals surface area contributed by atoms with Crippen LogP contribution in [0.3, 0.4) is 0 Å². The maximum absolute atomic E-state index is 12.6. The molecule has 2 aromatic carbocycles. The van der Waals surface area contributed by atoms with Crippen molar-refractivity contribution in [1.82, 2.24) is 9.62 Å². The van der Waals surface area contributed by atoms with Crippen LogP contribution >= 0.6 is 0 Å². The van der Waals surface area contributed by atoms with E-state index in [0.717, 1.165) is 23.2 Å². The van der Waals surface area contributed by atoms with Crippen molar-refractivity contribution in [2.24, 2.45) is 0 Å². The number of hydrogen-bond acceptors (Lipinski definition) is 4. The monoisotopic (exact) mass is 375 g/mol. The van der Waals surface area contributed by atoms with Gasteiger partial charge in [-0.05, 0) is 55.9 Å². The van der Waals surface area contributed by atoms with Crippen LogP contribution in [0.4, 0.5) is 5.69 Å². The Kier molecular flexibility index (Phi) is 6.81. The van der Waals surface area contributed by atoms with Crippen LogP contribution in [-0.4, -0.2) is 48.1 Å². The second-order valence-electron chi connectivity index (χ2n) is 6.81. The third-order valence-electron chi connectivity index (χ3n) is 4.53. The second kappa shape index (κ2) is 8.66. The molecule has 0 amide bonds. The first kappa shape index (κ1) is 20.4. The Bertz CT molecular complexity index is 798. The molecule has 0 radical (unpaired) electrons. The summed E-state index contributed by atoms with van der Waals surface area (Å²) in [5, 5.41) is 0. The number of benzene rings is 2. The number of sulfonamides is 1. The molecule has 0 aliphatic rings. The lowest BCUT2D eigenvalue weighted by molar-refractivity contribution is 0.299. The number of aryl methyl sites for hydroxylation is 1. The minimum atomic E-state index is -3.53. The molecule has 0 heterocycles. The summed E-state index contributed by atoms with van der Waals surface area (Å²) >= 11 is 0. The highest BCUT2D eigenvalue weighted by atomic mass is 32.2. The lowest BCUT2D eigenvalue weighted by atomic mass is 10.1. The maximum Gasteiger partial charge on any atom is 0.240 e. The SMILES string of the molecule is CCc1ccc(S(=O)(=O)NCC(c2ccc(N(C)C)cc2)N(C)C)cc1. The molecule has 142 valence electrons. The molecular weight excluding hydrogens is 346 g/mol. The Morgan fingerprint density at radius 1 is 0.923 bits per heavy atom. The summed E-state index contributed by atoms with van der Waals surface area (Å²) in [6, 6.07) is 15.2. The van der Waals surface area contributed by atoms with Crippen LogP contribution in [0.25, 0.3) is 0 Å².